The van der Waals surface area contributed by atoms with E-state index in [1.165, 1.54) is 6.33 Å². The molecule has 4 aromatic rings. The predicted molar refractivity (Wildman–Crippen MR) is 121 cm³/mol. The van der Waals surface area contributed by atoms with Crippen LogP contribution in [0.25, 0.3) is 17.2 Å². The van der Waals surface area contributed by atoms with Crippen molar-refractivity contribution in [3.8, 4) is 17.2 Å². The summed E-state index contributed by atoms with van der Waals surface area (Å²) in [4.78, 5) is 20.7. The number of para-hydroxylation sites is 1. The second kappa shape index (κ2) is 8.88. The number of aromatic nitrogens is 5. The van der Waals surface area contributed by atoms with Gasteiger partial charge in [-0.3, -0.25) is 9.36 Å². The largest absolute Gasteiger partial charge is 0.353 e. The number of carbonyl (C=O) groups excluding carboxylic acids is 1. The monoisotopic (exact) mass is 444 g/mol. The molecule has 0 atom stereocenters. The van der Waals surface area contributed by atoms with Gasteiger partial charge in [-0.1, -0.05) is 54.1 Å². The van der Waals surface area contributed by atoms with Crippen LogP contribution in [-0.2, 0) is 11.2 Å². The molecular formula is C24H21ClN6O. The summed E-state index contributed by atoms with van der Waals surface area (Å²) >= 11 is 6.52. The van der Waals surface area contributed by atoms with Gasteiger partial charge in [-0.15, -0.1) is 10.2 Å². The molecule has 32 heavy (non-hydrogen) atoms. The van der Waals surface area contributed by atoms with E-state index in [2.05, 4.69) is 25.5 Å². The Balaban J connectivity index is 1.35. The third kappa shape index (κ3) is 4.11. The number of hydrogen-bond acceptors (Lipinski definition) is 5. The Labute approximate surface area is 190 Å². The Morgan fingerprint density at radius 1 is 1.03 bits per heavy atom. The number of hydrogen-bond donors (Lipinski definition) is 1. The van der Waals surface area contributed by atoms with E-state index >= 15 is 0 Å². The van der Waals surface area contributed by atoms with Gasteiger partial charge >= 0.3 is 0 Å². The van der Waals surface area contributed by atoms with Crippen LogP contribution < -0.4 is 5.32 Å². The highest BCUT2D eigenvalue weighted by Crippen LogP contribution is 2.39. The van der Waals surface area contributed by atoms with Gasteiger partial charge in [0.05, 0.1) is 17.1 Å². The third-order valence-electron chi connectivity index (χ3n) is 5.67. The number of benzene rings is 2. The Hall–Kier alpha value is -3.58. The molecule has 1 N–H and O–H groups in total. The SMILES string of the molecule is O=C(Cc1ccccc1)NC1CC(c2nnc(-c3ccncn3)n2-c2ccccc2Cl)C1. The number of carbonyl (C=O) groups is 1. The number of rotatable bonds is 6. The van der Waals surface area contributed by atoms with Crippen LogP contribution in [0.5, 0.6) is 0 Å². The summed E-state index contributed by atoms with van der Waals surface area (Å²) in [6.07, 6.45) is 5.15. The van der Waals surface area contributed by atoms with Gasteiger partial charge < -0.3 is 5.32 Å². The van der Waals surface area contributed by atoms with Gasteiger partial charge in [0.1, 0.15) is 17.8 Å². The minimum absolute atomic E-state index is 0.0360. The van der Waals surface area contributed by atoms with E-state index in [1.807, 2.05) is 59.2 Å². The quantitative estimate of drug-likeness (QED) is 0.486. The fourth-order valence-electron chi connectivity index (χ4n) is 4.03. The summed E-state index contributed by atoms with van der Waals surface area (Å²) in [5.41, 5.74) is 2.49. The van der Waals surface area contributed by atoms with Gasteiger partial charge in [-0.2, -0.15) is 0 Å². The summed E-state index contributed by atoms with van der Waals surface area (Å²) in [6, 6.07) is 19.3. The Morgan fingerprint density at radius 3 is 2.56 bits per heavy atom. The molecule has 1 saturated carbocycles. The molecule has 2 heterocycles. The van der Waals surface area contributed by atoms with Crippen LogP contribution in [-0.4, -0.2) is 36.7 Å². The Kier molecular flexibility index (Phi) is 5.64. The highest BCUT2D eigenvalue weighted by molar-refractivity contribution is 6.32. The zero-order valence-electron chi connectivity index (χ0n) is 17.2. The Bertz CT molecular complexity index is 1220. The van der Waals surface area contributed by atoms with E-state index < -0.39 is 0 Å². The lowest BCUT2D eigenvalue weighted by Gasteiger charge is -2.35. The molecule has 0 radical (unpaired) electrons. The van der Waals surface area contributed by atoms with E-state index in [1.54, 1.807) is 12.3 Å². The lowest BCUT2D eigenvalue weighted by atomic mass is 9.79. The van der Waals surface area contributed by atoms with Crippen LogP contribution in [0.3, 0.4) is 0 Å². The molecule has 7 nitrogen and oxygen atoms in total. The molecule has 1 amide bonds. The second-order valence-corrected chi connectivity index (χ2v) is 8.27. The van der Waals surface area contributed by atoms with Crippen molar-refractivity contribution < 1.29 is 4.79 Å². The van der Waals surface area contributed by atoms with Crippen LogP contribution >= 0.6 is 11.6 Å². The molecule has 0 spiro atoms. The first-order valence-corrected chi connectivity index (χ1v) is 10.9. The predicted octanol–water partition coefficient (Wildman–Crippen LogP) is 3.98. The van der Waals surface area contributed by atoms with Gasteiger partial charge in [0, 0.05) is 18.2 Å². The molecule has 1 aliphatic carbocycles. The average molecular weight is 445 g/mol. The first-order valence-electron chi connectivity index (χ1n) is 10.5. The van der Waals surface area contributed by atoms with Crippen LogP contribution in [0.15, 0.2) is 73.2 Å². The lowest BCUT2D eigenvalue weighted by molar-refractivity contribution is -0.121. The van der Waals surface area contributed by atoms with Crippen molar-refractivity contribution >= 4 is 17.5 Å². The van der Waals surface area contributed by atoms with Crippen molar-refractivity contribution in [1.82, 2.24) is 30.0 Å². The molecule has 1 aliphatic rings. The van der Waals surface area contributed by atoms with Gasteiger partial charge in [0.2, 0.25) is 5.91 Å². The smallest absolute Gasteiger partial charge is 0.224 e. The average Bonchev–Trinajstić information content (AvgIpc) is 3.22. The summed E-state index contributed by atoms with van der Waals surface area (Å²) in [6.45, 7) is 0. The molecule has 1 fully saturated rings. The highest BCUT2D eigenvalue weighted by atomic mass is 35.5. The van der Waals surface area contributed by atoms with Gasteiger partial charge in [-0.25, -0.2) is 9.97 Å². The lowest BCUT2D eigenvalue weighted by Crippen LogP contribution is -2.44. The van der Waals surface area contributed by atoms with Crippen molar-refractivity contribution in [1.29, 1.82) is 0 Å². The van der Waals surface area contributed by atoms with Crippen LogP contribution in [0.2, 0.25) is 5.02 Å². The van der Waals surface area contributed by atoms with Crippen LogP contribution in [0.4, 0.5) is 0 Å². The maximum Gasteiger partial charge on any atom is 0.224 e. The first kappa shape index (κ1) is 20.3. The molecule has 160 valence electrons. The van der Waals surface area contributed by atoms with E-state index in [9.17, 15) is 4.79 Å². The van der Waals surface area contributed by atoms with E-state index in [-0.39, 0.29) is 17.9 Å². The van der Waals surface area contributed by atoms with E-state index in [4.69, 9.17) is 11.6 Å². The number of amides is 1. The van der Waals surface area contributed by atoms with Gasteiger partial charge in [0.25, 0.3) is 0 Å². The maximum absolute atomic E-state index is 12.4. The fourth-order valence-corrected chi connectivity index (χ4v) is 4.25. The zero-order valence-corrected chi connectivity index (χ0v) is 18.0. The van der Waals surface area contributed by atoms with Crippen molar-refractivity contribution in [2.75, 3.05) is 0 Å². The molecule has 0 bridgehead atoms. The molecular weight excluding hydrogens is 424 g/mol. The van der Waals surface area contributed by atoms with Crippen molar-refractivity contribution in [2.45, 2.75) is 31.2 Å². The van der Waals surface area contributed by atoms with Crippen molar-refractivity contribution in [3.05, 3.63) is 89.6 Å². The molecule has 0 unspecified atom stereocenters. The standard InChI is InChI=1S/C24H21ClN6O/c25-19-8-4-5-9-21(19)31-23(29-30-24(31)20-10-11-26-15-27-20)17-13-18(14-17)28-22(32)12-16-6-2-1-3-7-16/h1-11,15,17-18H,12-14H2,(H,28,32). The number of nitrogens with one attached hydrogen (secondary N) is 1. The molecule has 0 aliphatic heterocycles. The van der Waals surface area contributed by atoms with Crippen LogP contribution in [0, 0.1) is 0 Å². The molecule has 2 aromatic carbocycles. The second-order valence-electron chi connectivity index (χ2n) is 7.86. The maximum atomic E-state index is 12.4. The minimum Gasteiger partial charge on any atom is -0.353 e. The molecule has 8 heteroatoms. The molecule has 5 rings (SSSR count). The van der Waals surface area contributed by atoms with Crippen LogP contribution in [0.1, 0.15) is 30.1 Å². The van der Waals surface area contributed by atoms with Gasteiger partial charge in [0.15, 0.2) is 5.82 Å². The first-order chi connectivity index (χ1) is 15.7. The van der Waals surface area contributed by atoms with Crippen molar-refractivity contribution in [3.63, 3.8) is 0 Å². The summed E-state index contributed by atoms with van der Waals surface area (Å²) in [5, 5.41) is 12.7. The van der Waals surface area contributed by atoms with E-state index in [0.29, 0.717) is 23.0 Å². The summed E-state index contributed by atoms with van der Waals surface area (Å²) in [7, 11) is 0. The zero-order chi connectivity index (χ0) is 21.9. The third-order valence-corrected chi connectivity index (χ3v) is 5.99. The highest BCUT2D eigenvalue weighted by Gasteiger charge is 2.36. The number of halogens is 1. The Morgan fingerprint density at radius 2 is 1.81 bits per heavy atom. The molecule has 2 aromatic heterocycles. The number of nitrogens with zero attached hydrogens (tertiary/aromatic N) is 5. The summed E-state index contributed by atoms with van der Waals surface area (Å²) < 4.78 is 1.97. The normalized spacial score (nSPS) is 17.5. The van der Waals surface area contributed by atoms with Crippen molar-refractivity contribution in [2.24, 2.45) is 0 Å². The van der Waals surface area contributed by atoms with Gasteiger partial charge in [-0.05, 0) is 36.6 Å². The summed E-state index contributed by atoms with van der Waals surface area (Å²) in [5.74, 6) is 1.64. The fraction of sp³-hybridized carbons (Fsp3) is 0.208. The molecule has 0 saturated heterocycles. The van der Waals surface area contributed by atoms with E-state index in [0.717, 1.165) is 29.9 Å². The topological polar surface area (TPSA) is 85.6 Å². The minimum atomic E-state index is 0.0360.